The molecule has 0 aromatic heterocycles. The molecule has 2 aromatic carbocycles. The maximum atomic E-state index is 13.0. The van der Waals surface area contributed by atoms with Gasteiger partial charge in [0.1, 0.15) is 6.04 Å². The van der Waals surface area contributed by atoms with Crippen molar-refractivity contribution in [3.63, 3.8) is 0 Å². The number of primary amides is 1. The van der Waals surface area contributed by atoms with E-state index in [2.05, 4.69) is 27.8 Å². The molecule has 0 bridgehead atoms. The number of rotatable bonds is 13. The third kappa shape index (κ3) is 12.5. The summed E-state index contributed by atoms with van der Waals surface area (Å²) in [6, 6.07) is 14.0. The molecule has 0 radical (unpaired) electrons. The summed E-state index contributed by atoms with van der Waals surface area (Å²) in [7, 11) is 0. The van der Waals surface area contributed by atoms with Gasteiger partial charge in [0.15, 0.2) is 6.10 Å². The van der Waals surface area contributed by atoms with Crippen molar-refractivity contribution in [2.24, 2.45) is 5.73 Å². The zero-order valence-corrected chi connectivity index (χ0v) is 22.2. The van der Waals surface area contributed by atoms with Crippen LogP contribution >= 0.6 is 0 Å². The molecule has 42 heavy (non-hydrogen) atoms. The number of alkyl halides is 3. The van der Waals surface area contributed by atoms with Gasteiger partial charge in [-0.2, -0.15) is 13.2 Å². The van der Waals surface area contributed by atoms with Crippen LogP contribution in [0.2, 0.25) is 0 Å². The summed E-state index contributed by atoms with van der Waals surface area (Å²) in [5, 5.41) is 18.5. The van der Waals surface area contributed by atoms with E-state index in [1.165, 1.54) is 0 Å². The highest BCUT2D eigenvalue weighted by Crippen LogP contribution is 2.24. The molecule has 0 heterocycles. The van der Waals surface area contributed by atoms with Gasteiger partial charge in [-0.3, -0.25) is 24.0 Å². The maximum Gasteiger partial charge on any atom is 0.416 e. The van der Waals surface area contributed by atoms with E-state index in [-0.39, 0.29) is 6.42 Å². The smallest absolute Gasteiger partial charge is 0.382 e. The fraction of sp³-hybridized carbons (Fsp3) is 0.321. The Bertz CT molecular complexity index is 1300. The molecule has 0 saturated carbocycles. The molecule has 0 fully saturated rings. The topological polar surface area (TPSA) is 180 Å². The minimum atomic E-state index is -5.09. The van der Waals surface area contributed by atoms with E-state index in [9.17, 15) is 42.3 Å². The normalized spacial score (nSPS) is 12.9. The summed E-state index contributed by atoms with van der Waals surface area (Å²) < 4.78 is 39.0. The average Bonchev–Trinajstić information content (AvgIpc) is 2.95. The minimum absolute atomic E-state index is 0.0180. The monoisotopic (exact) mass is 589 g/mol. The van der Waals surface area contributed by atoms with Crippen LogP contribution in [0.1, 0.15) is 24.0 Å². The third-order valence-electron chi connectivity index (χ3n) is 5.63. The molecular weight excluding hydrogens is 559 g/mol. The van der Waals surface area contributed by atoms with Gasteiger partial charge in [-0.05, 0) is 24.1 Å². The van der Waals surface area contributed by atoms with Crippen LogP contribution in [0.25, 0.3) is 0 Å². The van der Waals surface area contributed by atoms with Gasteiger partial charge in [-0.1, -0.05) is 54.5 Å². The van der Waals surface area contributed by atoms with Gasteiger partial charge >= 0.3 is 6.18 Å². The van der Waals surface area contributed by atoms with Gasteiger partial charge in [0, 0.05) is 24.3 Å². The molecule has 2 rings (SSSR count). The number of aliphatic hydroxyl groups is 1. The van der Waals surface area contributed by atoms with Crippen molar-refractivity contribution in [2.75, 3.05) is 13.1 Å². The molecule has 3 atom stereocenters. The second-order valence-electron chi connectivity index (χ2n) is 8.99. The number of amides is 5. The first-order valence-electron chi connectivity index (χ1n) is 12.6. The Morgan fingerprint density at radius 3 is 2.02 bits per heavy atom. The van der Waals surface area contributed by atoms with Crippen molar-refractivity contribution in [1.82, 2.24) is 21.3 Å². The molecule has 2 aromatic rings. The third-order valence-corrected chi connectivity index (χ3v) is 5.63. The average molecular weight is 590 g/mol. The number of halogens is 3. The first-order valence-corrected chi connectivity index (χ1v) is 12.6. The van der Waals surface area contributed by atoms with Crippen molar-refractivity contribution < 1.29 is 42.3 Å². The largest absolute Gasteiger partial charge is 0.416 e. The first kappa shape index (κ1) is 33.3. The zero-order valence-electron chi connectivity index (χ0n) is 22.2. The lowest BCUT2D eigenvalue weighted by Gasteiger charge is -2.26. The van der Waals surface area contributed by atoms with Gasteiger partial charge in [-0.15, -0.1) is 0 Å². The summed E-state index contributed by atoms with van der Waals surface area (Å²) in [6.45, 7) is -1.32. The number of aliphatic hydroxyl groups excluding tert-OH is 1. The minimum Gasteiger partial charge on any atom is -0.382 e. The highest BCUT2D eigenvalue weighted by atomic mass is 19.4. The Labute approximate surface area is 239 Å². The molecule has 0 aliphatic heterocycles. The molecule has 5 amide bonds. The second kappa shape index (κ2) is 16.4. The first-order chi connectivity index (χ1) is 19.8. The van der Waals surface area contributed by atoms with Crippen molar-refractivity contribution in [2.45, 2.75) is 43.6 Å². The standard InChI is InChI=1S/C28H30F3N5O6/c29-28(30,31)26(41)20(12-13-22(32)37)35-25(40)17-34-27(42)21(15-19-9-5-2-6-10-19)36-24(39)16-33-23(38)14-11-18-7-3-1-4-8-18/h1-10,20-21,26,41H,12-13,15-17H2,(H2,32,37)(H,33,38)(H,34,42)(H,35,40)(H,36,39). The molecule has 3 unspecified atom stereocenters. The summed E-state index contributed by atoms with van der Waals surface area (Å²) in [5.74, 6) is 0.619. The molecule has 0 aliphatic carbocycles. The summed E-state index contributed by atoms with van der Waals surface area (Å²) in [4.78, 5) is 60.7. The van der Waals surface area contributed by atoms with Gasteiger partial charge in [-0.25, -0.2) is 0 Å². The fourth-order valence-electron chi connectivity index (χ4n) is 3.54. The predicted molar refractivity (Wildman–Crippen MR) is 144 cm³/mol. The van der Waals surface area contributed by atoms with Crippen molar-refractivity contribution in [3.8, 4) is 11.8 Å². The van der Waals surface area contributed by atoms with E-state index < -0.39 is 79.8 Å². The van der Waals surface area contributed by atoms with E-state index in [1.807, 2.05) is 5.32 Å². The number of hydrogen-bond donors (Lipinski definition) is 6. The van der Waals surface area contributed by atoms with E-state index in [0.29, 0.717) is 11.1 Å². The second-order valence-corrected chi connectivity index (χ2v) is 8.99. The summed E-state index contributed by atoms with van der Waals surface area (Å²) in [5.41, 5.74) is 6.19. The lowest BCUT2D eigenvalue weighted by Crippen LogP contribution is -2.54. The van der Waals surface area contributed by atoms with E-state index in [4.69, 9.17) is 5.73 Å². The Balaban J connectivity index is 1.99. The van der Waals surface area contributed by atoms with Gasteiger partial charge in [0.05, 0.1) is 19.1 Å². The number of carbonyl (C=O) groups is 5. The van der Waals surface area contributed by atoms with Gasteiger partial charge in [0.2, 0.25) is 23.6 Å². The molecule has 0 saturated heterocycles. The quantitative estimate of drug-likeness (QED) is 0.174. The highest BCUT2D eigenvalue weighted by molar-refractivity contribution is 5.97. The summed E-state index contributed by atoms with van der Waals surface area (Å²) >= 11 is 0. The number of nitrogens with one attached hydrogen (secondary N) is 4. The van der Waals surface area contributed by atoms with Crippen LogP contribution in [0, 0.1) is 11.8 Å². The van der Waals surface area contributed by atoms with Crippen molar-refractivity contribution in [3.05, 3.63) is 71.8 Å². The van der Waals surface area contributed by atoms with Crippen LogP contribution in [-0.4, -0.2) is 72.1 Å². The number of nitrogens with two attached hydrogens (primary N) is 1. The van der Waals surface area contributed by atoms with Crippen molar-refractivity contribution in [1.29, 1.82) is 0 Å². The number of benzene rings is 2. The van der Waals surface area contributed by atoms with E-state index in [0.717, 1.165) is 0 Å². The van der Waals surface area contributed by atoms with Gasteiger partial charge < -0.3 is 32.1 Å². The Kier molecular flexibility index (Phi) is 13.0. The lowest BCUT2D eigenvalue weighted by molar-refractivity contribution is -0.212. The molecule has 0 spiro atoms. The van der Waals surface area contributed by atoms with Crippen LogP contribution in [0.3, 0.4) is 0 Å². The zero-order chi connectivity index (χ0) is 31.1. The molecular formula is C28H30F3N5O6. The van der Waals surface area contributed by atoms with Crippen LogP contribution in [0.5, 0.6) is 0 Å². The van der Waals surface area contributed by atoms with Crippen LogP contribution in [0.15, 0.2) is 60.7 Å². The van der Waals surface area contributed by atoms with Crippen molar-refractivity contribution >= 4 is 29.5 Å². The molecule has 7 N–H and O–H groups in total. The van der Waals surface area contributed by atoms with Gasteiger partial charge in [0.25, 0.3) is 5.91 Å². The lowest BCUT2D eigenvalue weighted by atomic mass is 10.0. The number of hydrogen-bond acceptors (Lipinski definition) is 6. The molecule has 14 heteroatoms. The van der Waals surface area contributed by atoms with Crippen LogP contribution < -0.4 is 27.0 Å². The van der Waals surface area contributed by atoms with E-state index in [1.54, 1.807) is 60.7 Å². The highest BCUT2D eigenvalue weighted by Gasteiger charge is 2.44. The Morgan fingerprint density at radius 1 is 0.857 bits per heavy atom. The van der Waals surface area contributed by atoms with E-state index >= 15 is 0 Å². The summed E-state index contributed by atoms with van der Waals surface area (Å²) in [6.07, 6.45) is -9.22. The maximum absolute atomic E-state index is 13.0. The molecule has 0 aliphatic rings. The predicted octanol–water partition coefficient (Wildman–Crippen LogP) is -0.328. The fourth-order valence-corrected chi connectivity index (χ4v) is 3.54. The van der Waals surface area contributed by atoms with Crippen LogP contribution in [0.4, 0.5) is 13.2 Å². The Hall–Kier alpha value is -4.90. The molecule has 224 valence electrons. The molecule has 11 nitrogen and oxygen atoms in total. The number of carbonyl (C=O) groups excluding carboxylic acids is 5. The van der Waals surface area contributed by atoms with Crippen LogP contribution in [-0.2, 0) is 30.4 Å². The SMILES string of the molecule is NC(=O)CCC(NC(=O)CNC(=O)C(Cc1ccccc1)NC(=O)CNC(=O)C#Cc1ccccc1)C(O)C(F)(F)F. The Morgan fingerprint density at radius 2 is 1.43 bits per heavy atom.